The van der Waals surface area contributed by atoms with Gasteiger partial charge in [0.15, 0.2) is 0 Å². The van der Waals surface area contributed by atoms with E-state index in [9.17, 15) is 8.78 Å². The Bertz CT molecular complexity index is 529. The van der Waals surface area contributed by atoms with Gasteiger partial charge in [0, 0.05) is 30.1 Å². The van der Waals surface area contributed by atoms with E-state index in [1.807, 2.05) is 19.1 Å². The van der Waals surface area contributed by atoms with E-state index in [2.05, 4.69) is 10.3 Å². The summed E-state index contributed by atoms with van der Waals surface area (Å²) in [4.78, 5) is 3.95. The van der Waals surface area contributed by atoms with Crippen molar-refractivity contribution >= 4 is 0 Å². The van der Waals surface area contributed by atoms with Crippen molar-refractivity contribution in [2.75, 3.05) is 6.54 Å². The maximum absolute atomic E-state index is 13.6. The Hall–Kier alpha value is -1.81. The van der Waals surface area contributed by atoms with E-state index >= 15 is 0 Å². The summed E-state index contributed by atoms with van der Waals surface area (Å²) in [6.07, 6.45) is 4.34. The molecule has 1 aromatic heterocycles. The Morgan fingerprint density at radius 1 is 1.16 bits per heavy atom. The number of nitrogens with one attached hydrogen (secondary N) is 1. The number of hydrogen-bond acceptors (Lipinski definition) is 2. The second kappa shape index (κ2) is 6.38. The molecule has 100 valence electrons. The Labute approximate surface area is 111 Å². The van der Waals surface area contributed by atoms with Gasteiger partial charge in [0.05, 0.1) is 0 Å². The van der Waals surface area contributed by atoms with Gasteiger partial charge < -0.3 is 5.32 Å². The number of hydrogen-bond donors (Lipinski definition) is 1. The molecule has 0 spiro atoms. The first kappa shape index (κ1) is 13.6. The zero-order valence-electron chi connectivity index (χ0n) is 10.7. The molecule has 4 heteroatoms. The van der Waals surface area contributed by atoms with Crippen LogP contribution in [0.15, 0.2) is 42.7 Å². The summed E-state index contributed by atoms with van der Waals surface area (Å²) < 4.78 is 26.4. The van der Waals surface area contributed by atoms with Crippen molar-refractivity contribution in [1.82, 2.24) is 10.3 Å². The number of halogens is 2. The van der Waals surface area contributed by atoms with Crippen LogP contribution >= 0.6 is 0 Å². The average molecular weight is 262 g/mol. The van der Waals surface area contributed by atoms with Crippen molar-refractivity contribution in [1.29, 1.82) is 0 Å². The number of aromatic nitrogens is 1. The summed E-state index contributed by atoms with van der Waals surface area (Å²) in [5, 5.41) is 3.22. The van der Waals surface area contributed by atoms with Crippen LogP contribution in [0.3, 0.4) is 0 Å². The fourth-order valence-corrected chi connectivity index (χ4v) is 1.95. The van der Waals surface area contributed by atoms with Gasteiger partial charge in [-0.05, 0) is 43.7 Å². The molecule has 2 rings (SSSR count). The van der Waals surface area contributed by atoms with Crippen LogP contribution in [0.4, 0.5) is 8.78 Å². The smallest absolute Gasteiger partial charge is 0.130 e. The molecule has 2 nitrogen and oxygen atoms in total. The van der Waals surface area contributed by atoms with Crippen molar-refractivity contribution in [3.63, 3.8) is 0 Å². The number of rotatable bonds is 5. The van der Waals surface area contributed by atoms with Gasteiger partial charge in [-0.1, -0.05) is 6.07 Å². The van der Waals surface area contributed by atoms with E-state index in [1.165, 1.54) is 17.7 Å². The van der Waals surface area contributed by atoms with E-state index in [-0.39, 0.29) is 6.04 Å². The topological polar surface area (TPSA) is 24.9 Å². The Morgan fingerprint density at radius 3 is 2.58 bits per heavy atom. The van der Waals surface area contributed by atoms with Crippen LogP contribution in [0.1, 0.15) is 24.1 Å². The molecule has 0 saturated carbocycles. The standard InChI is InChI=1S/C15H16F2N2/c1-11(14-3-2-13(16)10-15(14)17)19-9-6-12-4-7-18-8-5-12/h2-5,7-8,10-11,19H,6,9H2,1H3. The second-order valence-corrected chi connectivity index (χ2v) is 4.45. The molecule has 2 aromatic rings. The van der Waals surface area contributed by atoms with Crippen molar-refractivity contribution in [3.05, 3.63) is 65.5 Å². The zero-order valence-corrected chi connectivity index (χ0v) is 10.7. The maximum atomic E-state index is 13.6. The average Bonchev–Trinajstić information content (AvgIpc) is 2.39. The highest BCUT2D eigenvalue weighted by atomic mass is 19.1. The van der Waals surface area contributed by atoms with Crippen molar-refractivity contribution < 1.29 is 8.78 Å². The van der Waals surface area contributed by atoms with Crippen LogP contribution in [-0.2, 0) is 6.42 Å². The van der Waals surface area contributed by atoms with Crippen LogP contribution in [0.5, 0.6) is 0 Å². The van der Waals surface area contributed by atoms with E-state index in [0.29, 0.717) is 5.56 Å². The van der Waals surface area contributed by atoms with Gasteiger partial charge in [-0.15, -0.1) is 0 Å². The van der Waals surface area contributed by atoms with E-state index in [0.717, 1.165) is 19.0 Å². The highest BCUT2D eigenvalue weighted by Crippen LogP contribution is 2.17. The summed E-state index contributed by atoms with van der Waals surface area (Å²) in [7, 11) is 0. The Balaban J connectivity index is 1.89. The predicted molar refractivity (Wildman–Crippen MR) is 70.7 cm³/mol. The van der Waals surface area contributed by atoms with E-state index in [1.54, 1.807) is 12.4 Å². The molecule has 0 aliphatic rings. The number of nitrogens with zero attached hydrogens (tertiary/aromatic N) is 1. The SMILES string of the molecule is CC(NCCc1ccncc1)c1ccc(F)cc1F. The Kier molecular flexibility index (Phi) is 4.58. The van der Waals surface area contributed by atoms with Gasteiger partial charge in [-0.25, -0.2) is 8.78 Å². The molecule has 0 amide bonds. The molecular formula is C15H16F2N2. The summed E-state index contributed by atoms with van der Waals surface area (Å²) in [5.41, 5.74) is 1.66. The first-order chi connectivity index (χ1) is 9.16. The van der Waals surface area contributed by atoms with Gasteiger partial charge in [-0.2, -0.15) is 0 Å². The summed E-state index contributed by atoms with van der Waals surface area (Å²) in [6.45, 7) is 2.59. The first-order valence-corrected chi connectivity index (χ1v) is 6.24. The number of benzene rings is 1. The lowest BCUT2D eigenvalue weighted by Gasteiger charge is -2.15. The van der Waals surface area contributed by atoms with Crippen molar-refractivity contribution in [3.8, 4) is 0 Å². The summed E-state index contributed by atoms with van der Waals surface area (Å²) in [5.74, 6) is -1.06. The second-order valence-electron chi connectivity index (χ2n) is 4.45. The predicted octanol–water partition coefficient (Wildman–Crippen LogP) is 3.25. The molecule has 0 aliphatic heterocycles. The van der Waals surface area contributed by atoms with Gasteiger partial charge >= 0.3 is 0 Å². The van der Waals surface area contributed by atoms with Gasteiger partial charge in [0.25, 0.3) is 0 Å². The van der Waals surface area contributed by atoms with Crippen LogP contribution in [0, 0.1) is 11.6 Å². The highest BCUT2D eigenvalue weighted by Gasteiger charge is 2.10. The highest BCUT2D eigenvalue weighted by molar-refractivity contribution is 5.21. The number of pyridine rings is 1. The van der Waals surface area contributed by atoms with Gasteiger partial charge in [0.1, 0.15) is 11.6 Å². The zero-order chi connectivity index (χ0) is 13.7. The monoisotopic (exact) mass is 262 g/mol. The van der Waals surface area contributed by atoms with Crippen molar-refractivity contribution in [2.24, 2.45) is 0 Å². The van der Waals surface area contributed by atoms with Crippen LogP contribution < -0.4 is 5.32 Å². The largest absolute Gasteiger partial charge is 0.310 e. The lowest BCUT2D eigenvalue weighted by Crippen LogP contribution is -2.22. The third-order valence-electron chi connectivity index (χ3n) is 3.04. The molecule has 0 radical (unpaired) electrons. The minimum absolute atomic E-state index is 0.151. The molecule has 0 aliphatic carbocycles. The fourth-order valence-electron chi connectivity index (χ4n) is 1.95. The third-order valence-corrected chi connectivity index (χ3v) is 3.04. The van der Waals surface area contributed by atoms with Gasteiger partial charge in [0.2, 0.25) is 0 Å². The maximum Gasteiger partial charge on any atom is 0.130 e. The molecule has 1 unspecified atom stereocenters. The lowest BCUT2D eigenvalue weighted by molar-refractivity contribution is 0.520. The van der Waals surface area contributed by atoms with E-state index in [4.69, 9.17) is 0 Å². The van der Waals surface area contributed by atoms with E-state index < -0.39 is 11.6 Å². The molecule has 1 aromatic carbocycles. The van der Waals surface area contributed by atoms with Crippen molar-refractivity contribution in [2.45, 2.75) is 19.4 Å². The normalized spacial score (nSPS) is 12.4. The lowest BCUT2D eigenvalue weighted by atomic mass is 10.1. The van der Waals surface area contributed by atoms with Gasteiger partial charge in [-0.3, -0.25) is 4.98 Å². The van der Waals surface area contributed by atoms with Crippen LogP contribution in [-0.4, -0.2) is 11.5 Å². The molecule has 1 N–H and O–H groups in total. The molecule has 1 atom stereocenters. The first-order valence-electron chi connectivity index (χ1n) is 6.24. The summed E-state index contributed by atoms with van der Waals surface area (Å²) >= 11 is 0. The molecular weight excluding hydrogens is 246 g/mol. The molecule has 19 heavy (non-hydrogen) atoms. The fraction of sp³-hybridized carbons (Fsp3) is 0.267. The quantitative estimate of drug-likeness (QED) is 0.894. The molecule has 0 bridgehead atoms. The van der Waals surface area contributed by atoms with Crippen LogP contribution in [0.2, 0.25) is 0 Å². The molecule has 0 saturated heterocycles. The molecule has 1 heterocycles. The molecule has 0 fully saturated rings. The van der Waals surface area contributed by atoms with Crippen LogP contribution in [0.25, 0.3) is 0 Å². The minimum Gasteiger partial charge on any atom is -0.310 e. The minimum atomic E-state index is -0.551. The Morgan fingerprint density at radius 2 is 1.89 bits per heavy atom. The summed E-state index contributed by atoms with van der Waals surface area (Å²) in [6, 6.07) is 7.42. The third kappa shape index (κ3) is 3.83.